The van der Waals surface area contributed by atoms with Crippen LogP contribution in [0.2, 0.25) is 0 Å². The van der Waals surface area contributed by atoms with Crippen LogP contribution in [0.5, 0.6) is 0 Å². The maximum Gasteiger partial charge on any atom is 0.251 e. The molecule has 6 amide bonds. The van der Waals surface area contributed by atoms with Crippen LogP contribution in [-0.4, -0.2) is 124 Å². The lowest BCUT2D eigenvalue weighted by Crippen LogP contribution is -2.43. The van der Waals surface area contributed by atoms with Crippen molar-refractivity contribution in [2.45, 2.75) is 78.6 Å². The van der Waals surface area contributed by atoms with Gasteiger partial charge in [-0.05, 0) is 87.5 Å². The monoisotopic (exact) mass is 851 g/mol. The van der Waals surface area contributed by atoms with E-state index in [0.29, 0.717) is 72.6 Å². The smallest absolute Gasteiger partial charge is 0.251 e. The highest BCUT2D eigenvalue weighted by Gasteiger charge is 2.24. The molecule has 6 rings (SSSR count). The number of amides is 6. The Balaban J connectivity index is 1.54. The fourth-order valence-corrected chi connectivity index (χ4v) is 7.22. The van der Waals surface area contributed by atoms with Gasteiger partial charge in [0, 0.05) is 112 Å². The molecular formula is C48H66N8O6. The third-order valence-electron chi connectivity index (χ3n) is 11.3. The second-order valence-corrected chi connectivity index (χ2v) is 19.4. The van der Waals surface area contributed by atoms with E-state index in [2.05, 4.69) is 31.9 Å². The molecular weight excluding hydrogens is 785 g/mol. The van der Waals surface area contributed by atoms with Crippen molar-refractivity contribution < 1.29 is 28.8 Å². The van der Waals surface area contributed by atoms with E-state index in [-0.39, 0.29) is 91.0 Å². The predicted molar refractivity (Wildman–Crippen MR) is 242 cm³/mol. The van der Waals surface area contributed by atoms with Crippen molar-refractivity contribution in [3.8, 4) is 0 Å². The molecule has 14 heteroatoms. The first kappa shape index (κ1) is 47.4. The molecule has 62 heavy (non-hydrogen) atoms. The Morgan fingerprint density at radius 1 is 0.306 bits per heavy atom. The van der Waals surface area contributed by atoms with E-state index < -0.39 is 0 Å². The van der Waals surface area contributed by atoms with Crippen LogP contribution >= 0.6 is 0 Å². The van der Waals surface area contributed by atoms with Crippen molar-refractivity contribution in [1.29, 1.82) is 0 Å². The number of nitrogens with one attached hydrogen (secondary N) is 6. The van der Waals surface area contributed by atoms with Gasteiger partial charge in [0.15, 0.2) is 0 Å². The normalized spacial score (nSPS) is 19.9. The number of hydrogen-bond donors (Lipinski definition) is 6. The van der Waals surface area contributed by atoms with Crippen LogP contribution in [0.25, 0.3) is 0 Å². The van der Waals surface area contributed by atoms with Gasteiger partial charge in [-0.2, -0.15) is 0 Å². The molecule has 6 N–H and O–H groups in total. The van der Waals surface area contributed by atoms with Crippen LogP contribution < -0.4 is 31.9 Å². The zero-order valence-corrected chi connectivity index (χ0v) is 38.0. The molecule has 0 saturated carbocycles. The van der Waals surface area contributed by atoms with Crippen molar-refractivity contribution in [2.24, 2.45) is 0 Å². The van der Waals surface area contributed by atoms with Gasteiger partial charge in [-0.3, -0.25) is 38.6 Å². The van der Waals surface area contributed by atoms with Crippen molar-refractivity contribution in [2.75, 3.05) is 78.5 Å². The molecule has 334 valence electrons. The molecule has 0 radical (unpaired) electrons. The van der Waals surface area contributed by atoms with Gasteiger partial charge in [0.2, 0.25) is 0 Å². The number of rotatable bonds is 0. The van der Waals surface area contributed by atoms with E-state index in [1.54, 1.807) is 18.2 Å². The minimum Gasteiger partial charge on any atom is -0.351 e. The van der Waals surface area contributed by atoms with Gasteiger partial charge >= 0.3 is 0 Å². The molecule has 14 nitrogen and oxygen atoms in total. The lowest BCUT2D eigenvalue weighted by molar-refractivity contribution is 0.0932. The fraction of sp³-hybridized carbons (Fsp3) is 0.500. The molecule has 3 aromatic carbocycles. The summed E-state index contributed by atoms with van der Waals surface area (Å²) >= 11 is 0. The van der Waals surface area contributed by atoms with E-state index in [9.17, 15) is 28.8 Å². The first-order valence-corrected chi connectivity index (χ1v) is 21.7. The van der Waals surface area contributed by atoms with Crippen molar-refractivity contribution in [3.63, 3.8) is 0 Å². The number of carbonyl (C=O) groups is 6. The first-order chi connectivity index (χ1) is 29.1. The standard InChI is InChI=1S/C48H66N8O6/c1-46(2,3)37-25-31-22-32(26-37)41(58)50-11-17-56-19-13-52-43(60)34-23-33(27-38(28-34)47(4,5)6)42(59)51-12-18-55(16-10-49-40(31)57)20-14-53-44(61)35-24-36(45(62)54-15-21-56)30-39(29-35)48(7,8)9/h22-30H,10-21H2,1-9H3,(H,49,57)(H,50,58)(H,51,59)(H,52,60)(H,53,61)(H,54,62). The largest absolute Gasteiger partial charge is 0.351 e. The highest BCUT2D eigenvalue weighted by atomic mass is 16.2. The predicted octanol–water partition coefficient (Wildman–Crippen LogP) is 3.99. The van der Waals surface area contributed by atoms with Gasteiger partial charge in [0.05, 0.1) is 0 Å². The number of benzene rings is 3. The molecule has 8 bridgehead atoms. The second-order valence-electron chi connectivity index (χ2n) is 19.4. The number of carbonyl (C=O) groups excluding carboxylic acids is 6. The SMILES string of the molecule is CC(C)(C)c1cc2cc(c1)C(=O)NCCN1CCNC(=O)c3cc(cc(C(C)(C)C)c3)C(=O)NCCN(CCNC2=O)CCNC(=O)c2cc(cc(C(C)(C)C)c2)C(=O)NCC1. The summed E-state index contributed by atoms with van der Waals surface area (Å²) in [5.74, 6) is -1.94. The summed E-state index contributed by atoms with van der Waals surface area (Å²) in [6.45, 7) is 22.0. The molecule has 0 spiro atoms. The van der Waals surface area contributed by atoms with E-state index in [0.717, 1.165) is 16.7 Å². The molecule has 3 aliphatic heterocycles. The van der Waals surface area contributed by atoms with Crippen LogP contribution in [0, 0.1) is 0 Å². The number of fused-ring (bicyclic) bond motifs is 18. The molecule has 3 heterocycles. The molecule has 0 unspecified atom stereocenters. The Bertz CT molecular complexity index is 1800. The Kier molecular flexibility index (Phi) is 15.4. The third-order valence-corrected chi connectivity index (χ3v) is 11.3. The Morgan fingerprint density at radius 3 is 0.613 bits per heavy atom. The lowest BCUT2D eigenvalue weighted by Gasteiger charge is -2.25. The first-order valence-electron chi connectivity index (χ1n) is 21.7. The summed E-state index contributed by atoms with van der Waals surface area (Å²) in [4.78, 5) is 86.3. The average molecular weight is 851 g/mol. The summed E-state index contributed by atoms with van der Waals surface area (Å²) in [7, 11) is 0. The van der Waals surface area contributed by atoms with E-state index in [1.165, 1.54) is 0 Å². The highest BCUT2D eigenvalue weighted by molar-refractivity contribution is 6.02. The molecule has 0 aromatic heterocycles. The van der Waals surface area contributed by atoms with Crippen molar-refractivity contribution in [1.82, 2.24) is 41.7 Å². The molecule has 3 aromatic rings. The zero-order chi connectivity index (χ0) is 45.4. The van der Waals surface area contributed by atoms with Crippen LogP contribution in [0.4, 0.5) is 0 Å². The molecule has 3 aliphatic rings. The van der Waals surface area contributed by atoms with Gasteiger partial charge < -0.3 is 31.9 Å². The summed E-state index contributed by atoms with van der Waals surface area (Å²) in [6, 6.07) is 15.7. The zero-order valence-electron chi connectivity index (χ0n) is 38.0. The van der Waals surface area contributed by atoms with Crippen LogP contribution in [0.1, 0.15) is 141 Å². The summed E-state index contributed by atoms with van der Waals surface area (Å²) in [5.41, 5.74) is 3.61. The van der Waals surface area contributed by atoms with E-state index in [4.69, 9.17) is 0 Å². The summed E-state index contributed by atoms with van der Waals surface area (Å²) in [5, 5.41) is 18.1. The minimum atomic E-state index is -0.350. The van der Waals surface area contributed by atoms with Crippen LogP contribution in [0.3, 0.4) is 0 Å². The Labute approximate surface area is 366 Å². The van der Waals surface area contributed by atoms with E-state index in [1.807, 2.05) is 109 Å². The van der Waals surface area contributed by atoms with Crippen molar-refractivity contribution >= 4 is 35.4 Å². The quantitative estimate of drug-likeness (QED) is 0.197. The van der Waals surface area contributed by atoms with E-state index >= 15 is 0 Å². The van der Waals surface area contributed by atoms with Crippen molar-refractivity contribution in [3.05, 3.63) is 105 Å². The second kappa shape index (κ2) is 20.1. The van der Waals surface area contributed by atoms with Gasteiger partial charge in [0.25, 0.3) is 35.4 Å². The molecule has 0 aliphatic carbocycles. The third kappa shape index (κ3) is 13.2. The van der Waals surface area contributed by atoms with Crippen LogP contribution in [0.15, 0.2) is 54.6 Å². The molecule has 0 saturated heterocycles. The maximum absolute atomic E-state index is 13.7. The number of hydrogen-bond acceptors (Lipinski definition) is 8. The molecule has 0 atom stereocenters. The summed E-state index contributed by atoms with van der Waals surface area (Å²) in [6.07, 6.45) is 0. The Hall–Kier alpha value is -5.60. The van der Waals surface area contributed by atoms with Crippen LogP contribution in [-0.2, 0) is 16.2 Å². The number of nitrogens with zero attached hydrogens (tertiary/aromatic N) is 2. The van der Waals surface area contributed by atoms with Gasteiger partial charge in [-0.15, -0.1) is 0 Å². The summed E-state index contributed by atoms with van der Waals surface area (Å²) < 4.78 is 0. The van der Waals surface area contributed by atoms with Gasteiger partial charge in [0.1, 0.15) is 0 Å². The molecule has 0 fully saturated rings. The Morgan fingerprint density at radius 2 is 0.468 bits per heavy atom. The van der Waals surface area contributed by atoms with Gasteiger partial charge in [-0.1, -0.05) is 62.3 Å². The maximum atomic E-state index is 13.7. The average Bonchev–Trinajstić information content (AvgIpc) is 3.20. The highest BCUT2D eigenvalue weighted by Crippen LogP contribution is 2.27. The lowest BCUT2D eigenvalue weighted by atomic mass is 9.85. The fourth-order valence-electron chi connectivity index (χ4n) is 7.22. The van der Waals surface area contributed by atoms with Gasteiger partial charge in [-0.25, -0.2) is 0 Å². The topological polar surface area (TPSA) is 181 Å². The minimum absolute atomic E-state index is 0.246.